The van der Waals surface area contributed by atoms with Gasteiger partial charge in [-0.15, -0.1) is 0 Å². The van der Waals surface area contributed by atoms with Gasteiger partial charge < -0.3 is 0 Å². The van der Waals surface area contributed by atoms with Crippen molar-refractivity contribution in [3.8, 4) is 0 Å². The van der Waals surface area contributed by atoms with Crippen LogP contribution >= 0.6 is 0 Å². The number of hydrogen-bond acceptors (Lipinski definition) is 0. The third kappa shape index (κ3) is 2.37. The smallest absolute Gasteiger partial charge is 0.00487 e. The Morgan fingerprint density at radius 2 is 1.75 bits per heavy atom. The molecule has 1 aromatic rings. The van der Waals surface area contributed by atoms with Crippen LogP contribution in [0.25, 0.3) is 0 Å². The zero-order valence-corrected chi connectivity index (χ0v) is 10.6. The molecule has 0 radical (unpaired) electrons. The summed E-state index contributed by atoms with van der Waals surface area (Å²) < 4.78 is 0. The van der Waals surface area contributed by atoms with E-state index >= 15 is 0 Å². The van der Waals surface area contributed by atoms with Gasteiger partial charge in [-0.1, -0.05) is 55.8 Å². The quantitative estimate of drug-likeness (QED) is 0.590. The highest BCUT2D eigenvalue weighted by atomic mass is 14.3. The van der Waals surface area contributed by atoms with Gasteiger partial charge in [0.15, 0.2) is 0 Å². The summed E-state index contributed by atoms with van der Waals surface area (Å²) in [6.45, 7) is 7.07. The molecule has 1 aliphatic rings. The van der Waals surface area contributed by atoms with Gasteiger partial charge in [-0.25, -0.2) is 0 Å². The minimum atomic E-state index is 0.610. The Bertz CT molecular complexity index is 361. The van der Waals surface area contributed by atoms with Crippen LogP contribution in [0.3, 0.4) is 0 Å². The lowest BCUT2D eigenvalue weighted by Crippen LogP contribution is -2.14. The van der Waals surface area contributed by atoms with E-state index < -0.39 is 0 Å². The standard InChI is InChI=1S/C16H22/c1-12-9-10-13(2)14(3)16(11-12)15-7-5-4-6-8-15/h4-8,11,13-14,16H,9-10H2,1-3H3/t13-,14-,16?/m1/s1. The molecule has 1 aliphatic carbocycles. The van der Waals surface area contributed by atoms with Crippen LogP contribution in [0.1, 0.15) is 45.1 Å². The summed E-state index contributed by atoms with van der Waals surface area (Å²) in [6, 6.07) is 10.9. The van der Waals surface area contributed by atoms with Crippen LogP contribution in [0.15, 0.2) is 42.0 Å². The first-order chi connectivity index (χ1) is 7.68. The Labute approximate surface area is 99.4 Å². The van der Waals surface area contributed by atoms with Crippen molar-refractivity contribution >= 4 is 0 Å². The topological polar surface area (TPSA) is 0 Å². The molecule has 0 heterocycles. The molecule has 1 aromatic carbocycles. The highest BCUT2D eigenvalue weighted by molar-refractivity contribution is 5.27. The minimum Gasteiger partial charge on any atom is -0.0778 e. The normalized spacial score (nSPS) is 30.7. The van der Waals surface area contributed by atoms with Gasteiger partial charge in [-0.2, -0.15) is 0 Å². The average molecular weight is 214 g/mol. The van der Waals surface area contributed by atoms with E-state index in [1.807, 2.05) is 0 Å². The maximum Gasteiger partial charge on any atom is 0.00487 e. The van der Waals surface area contributed by atoms with Gasteiger partial charge in [0.25, 0.3) is 0 Å². The van der Waals surface area contributed by atoms with Gasteiger partial charge in [0, 0.05) is 5.92 Å². The summed E-state index contributed by atoms with van der Waals surface area (Å²) in [4.78, 5) is 0. The Morgan fingerprint density at radius 3 is 2.44 bits per heavy atom. The Kier molecular flexibility index (Phi) is 3.48. The molecule has 0 spiro atoms. The fourth-order valence-electron chi connectivity index (χ4n) is 2.69. The van der Waals surface area contributed by atoms with E-state index in [0.29, 0.717) is 5.92 Å². The lowest BCUT2D eigenvalue weighted by atomic mass is 9.80. The molecule has 3 atom stereocenters. The van der Waals surface area contributed by atoms with Crippen LogP contribution in [0.5, 0.6) is 0 Å². The van der Waals surface area contributed by atoms with Gasteiger partial charge in [0.1, 0.15) is 0 Å². The highest BCUT2D eigenvalue weighted by Gasteiger charge is 2.24. The summed E-state index contributed by atoms with van der Waals surface area (Å²) in [5.74, 6) is 2.18. The van der Waals surface area contributed by atoms with Crippen LogP contribution in [0, 0.1) is 11.8 Å². The molecule has 0 aromatic heterocycles. The number of hydrogen-bond donors (Lipinski definition) is 0. The first kappa shape index (κ1) is 11.4. The molecule has 0 aliphatic heterocycles. The zero-order chi connectivity index (χ0) is 11.5. The highest BCUT2D eigenvalue weighted by Crippen LogP contribution is 2.37. The fraction of sp³-hybridized carbons (Fsp3) is 0.500. The summed E-state index contributed by atoms with van der Waals surface area (Å²) in [6.07, 6.45) is 5.10. The molecule has 2 rings (SSSR count). The molecule has 0 amide bonds. The van der Waals surface area contributed by atoms with Crippen LogP contribution in [0.4, 0.5) is 0 Å². The van der Waals surface area contributed by atoms with Crippen LogP contribution < -0.4 is 0 Å². The zero-order valence-electron chi connectivity index (χ0n) is 10.6. The average Bonchev–Trinajstić information content (AvgIpc) is 2.44. The summed E-state index contributed by atoms with van der Waals surface area (Å²) in [7, 11) is 0. The van der Waals surface area contributed by atoms with Gasteiger partial charge in [0.2, 0.25) is 0 Å². The van der Waals surface area contributed by atoms with Gasteiger partial charge >= 0.3 is 0 Å². The molecule has 0 N–H and O–H groups in total. The molecule has 86 valence electrons. The second-order valence-corrected chi connectivity index (χ2v) is 5.32. The molecule has 1 unspecified atom stereocenters. The van der Waals surface area contributed by atoms with Crippen molar-refractivity contribution in [3.63, 3.8) is 0 Å². The predicted molar refractivity (Wildman–Crippen MR) is 70.5 cm³/mol. The molecule has 0 heteroatoms. The van der Waals surface area contributed by atoms with Crippen molar-refractivity contribution in [2.24, 2.45) is 11.8 Å². The predicted octanol–water partition coefficient (Wildman–Crippen LogP) is 4.78. The molecular formula is C16H22. The van der Waals surface area contributed by atoms with Crippen molar-refractivity contribution in [1.82, 2.24) is 0 Å². The SMILES string of the molecule is CC1=CC(c2ccccc2)[C@H](C)[C@H](C)CC1. The maximum atomic E-state index is 2.49. The fourth-order valence-corrected chi connectivity index (χ4v) is 2.69. The Morgan fingerprint density at radius 1 is 1.06 bits per heavy atom. The van der Waals surface area contributed by atoms with Crippen LogP contribution in [-0.2, 0) is 0 Å². The summed E-state index contributed by atoms with van der Waals surface area (Å²) in [5.41, 5.74) is 3.04. The van der Waals surface area contributed by atoms with Crippen molar-refractivity contribution in [3.05, 3.63) is 47.5 Å². The first-order valence-electron chi connectivity index (χ1n) is 6.40. The summed E-state index contributed by atoms with van der Waals surface area (Å²) >= 11 is 0. The van der Waals surface area contributed by atoms with Crippen molar-refractivity contribution < 1.29 is 0 Å². The molecule has 0 saturated carbocycles. The van der Waals surface area contributed by atoms with E-state index in [2.05, 4.69) is 57.2 Å². The third-order valence-corrected chi connectivity index (χ3v) is 4.11. The van der Waals surface area contributed by atoms with E-state index in [9.17, 15) is 0 Å². The third-order valence-electron chi connectivity index (χ3n) is 4.11. The van der Waals surface area contributed by atoms with Crippen LogP contribution in [-0.4, -0.2) is 0 Å². The van der Waals surface area contributed by atoms with Gasteiger partial charge in [0.05, 0.1) is 0 Å². The molecule has 16 heavy (non-hydrogen) atoms. The molecule has 0 saturated heterocycles. The number of benzene rings is 1. The maximum absolute atomic E-state index is 2.49. The van der Waals surface area contributed by atoms with E-state index in [4.69, 9.17) is 0 Å². The summed E-state index contributed by atoms with van der Waals surface area (Å²) in [5, 5.41) is 0. The van der Waals surface area contributed by atoms with E-state index in [0.717, 1.165) is 11.8 Å². The van der Waals surface area contributed by atoms with Gasteiger partial charge in [-0.3, -0.25) is 0 Å². The second kappa shape index (κ2) is 4.86. The molecule has 0 fully saturated rings. The van der Waals surface area contributed by atoms with E-state index in [1.165, 1.54) is 18.4 Å². The van der Waals surface area contributed by atoms with E-state index in [-0.39, 0.29) is 0 Å². The van der Waals surface area contributed by atoms with Gasteiger partial charge in [-0.05, 0) is 37.2 Å². The van der Waals surface area contributed by atoms with Crippen molar-refractivity contribution in [1.29, 1.82) is 0 Å². The Balaban J connectivity index is 2.32. The lowest BCUT2D eigenvalue weighted by Gasteiger charge is -2.25. The minimum absolute atomic E-state index is 0.610. The second-order valence-electron chi connectivity index (χ2n) is 5.32. The molecule has 0 nitrogen and oxygen atoms in total. The largest absolute Gasteiger partial charge is 0.0778 e. The van der Waals surface area contributed by atoms with Crippen molar-refractivity contribution in [2.75, 3.05) is 0 Å². The monoisotopic (exact) mass is 214 g/mol. The molecular weight excluding hydrogens is 192 g/mol. The van der Waals surface area contributed by atoms with E-state index in [1.54, 1.807) is 5.57 Å². The molecule has 0 bridgehead atoms. The van der Waals surface area contributed by atoms with Crippen LogP contribution in [0.2, 0.25) is 0 Å². The lowest BCUT2D eigenvalue weighted by molar-refractivity contribution is 0.347. The first-order valence-corrected chi connectivity index (χ1v) is 6.40. The van der Waals surface area contributed by atoms with Crippen molar-refractivity contribution in [2.45, 2.75) is 39.5 Å². The number of rotatable bonds is 1. The number of allylic oxidation sites excluding steroid dienone is 2. The Hall–Kier alpha value is -1.04.